The van der Waals surface area contributed by atoms with Crippen molar-refractivity contribution in [3.8, 4) is 0 Å². The first-order valence-electron chi connectivity index (χ1n) is 11.3. The molecule has 1 aromatic heterocycles. The molecule has 2 aromatic carbocycles. The predicted molar refractivity (Wildman–Crippen MR) is 144 cm³/mol. The van der Waals surface area contributed by atoms with Gasteiger partial charge in [-0.25, -0.2) is 4.98 Å². The van der Waals surface area contributed by atoms with Gasteiger partial charge in [0.25, 0.3) is 5.91 Å². The standard InChI is InChI=1S/C25H23N5O5S2/c1-15(31)26-17-4-6-18(7-5-17)27-21(32)14-36-12-19-13-37-25(28-19)29-24(35)16-2-8-20(9-3-16)30-22(33)10-11-23(30)34/h2-9,13H,10-12,14H2,1H3,(H,26,31)(H,27,32)(H,28,29,35). The summed E-state index contributed by atoms with van der Waals surface area (Å²) in [4.78, 5) is 65.1. The molecule has 1 aliphatic heterocycles. The van der Waals surface area contributed by atoms with Gasteiger partial charge in [0.05, 0.1) is 17.1 Å². The molecule has 0 aliphatic carbocycles. The van der Waals surface area contributed by atoms with Gasteiger partial charge >= 0.3 is 0 Å². The Hall–Kier alpha value is -4.03. The number of amides is 5. The van der Waals surface area contributed by atoms with Gasteiger partial charge in [0.1, 0.15) is 0 Å². The third kappa shape index (κ3) is 7.02. The molecule has 190 valence electrons. The molecule has 0 saturated carbocycles. The third-order valence-electron chi connectivity index (χ3n) is 5.18. The molecule has 5 amide bonds. The van der Waals surface area contributed by atoms with E-state index in [0.29, 0.717) is 33.5 Å². The third-order valence-corrected chi connectivity index (χ3v) is 6.96. The second-order valence-electron chi connectivity index (χ2n) is 8.07. The Bertz CT molecular complexity index is 1320. The molecule has 37 heavy (non-hydrogen) atoms. The van der Waals surface area contributed by atoms with E-state index in [1.165, 1.54) is 30.0 Å². The summed E-state index contributed by atoms with van der Waals surface area (Å²) in [6.07, 6.45) is 0.399. The van der Waals surface area contributed by atoms with E-state index in [-0.39, 0.29) is 48.1 Å². The fourth-order valence-electron chi connectivity index (χ4n) is 3.51. The van der Waals surface area contributed by atoms with E-state index in [9.17, 15) is 24.0 Å². The van der Waals surface area contributed by atoms with Crippen LogP contribution >= 0.6 is 23.1 Å². The van der Waals surface area contributed by atoms with Crippen molar-refractivity contribution >= 4 is 74.8 Å². The SMILES string of the molecule is CC(=O)Nc1ccc(NC(=O)CSCc2csc(NC(=O)c3ccc(N4C(=O)CCC4=O)cc3)n2)cc1. The van der Waals surface area contributed by atoms with Gasteiger partial charge in [-0.2, -0.15) is 0 Å². The smallest absolute Gasteiger partial charge is 0.257 e. The zero-order valence-corrected chi connectivity index (χ0v) is 21.4. The van der Waals surface area contributed by atoms with E-state index in [4.69, 9.17) is 0 Å². The number of thioether (sulfide) groups is 1. The van der Waals surface area contributed by atoms with Gasteiger partial charge in [-0.1, -0.05) is 0 Å². The highest BCUT2D eigenvalue weighted by Gasteiger charge is 2.30. The fraction of sp³-hybridized carbons (Fsp3) is 0.200. The lowest BCUT2D eigenvalue weighted by molar-refractivity contribution is -0.121. The van der Waals surface area contributed by atoms with Crippen molar-refractivity contribution in [3.63, 3.8) is 0 Å². The zero-order valence-electron chi connectivity index (χ0n) is 19.8. The van der Waals surface area contributed by atoms with Crippen LogP contribution < -0.4 is 20.9 Å². The fourth-order valence-corrected chi connectivity index (χ4v) is 5.04. The molecule has 0 radical (unpaired) electrons. The summed E-state index contributed by atoms with van der Waals surface area (Å²) in [5.41, 5.74) is 2.84. The minimum Gasteiger partial charge on any atom is -0.326 e. The Morgan fingerprint density at radius 3 is 2.16 bits per heavy atom. The molecule has 0 bridgehead atoms. The molecular formula is C25H23N5O5S2. The van der Waals surface area contributed by atoms with Crippen molar-refractivity contribution in [2.75, 3.05) is 26.6 Å². The van der Waals surface area contributed by atoms with Gasteiger partial charge in [-0.3, -0.25) is 34.2 Å². The summed E-state index contributed by atoms with van der Waals surface area (Å²) < 4.78 is 0. The Kier molecular flexibility index (Phi) is 8.31. The maximum absolute atomic E-state index is 12.6. The van der Waals surface area contributed by atoms with Crippen molar-refractivity contribution in [2.24, 2.45) is 0 Å². The monoisotopic (exact) mass is 537 g/mol. The highest BCUT2D eigenvalue weighted by atomic mass is 32.2. The summed E-state index contributed by atoms with van der Waals surface area (Å²) in [5, 5.41) is 10.4. The van der Waals surface area contributed by atoms with E-state index in [2.05, 4.69) is 20.9 Å². The van der Waals surface area contributed by atoms with Crippen LogP contribution in [0.5, 0.6) is 0 Å². The van der Waals surface area contributed by atoms with Crippen LogP contribution in [0.2, 0.25) is 0 Å². The van der Waals surface area contributed by atoms with Crippen molar-refractivity contribution in [2.45, 2.75) is 25.5 Å². The second-order valence-corrected chi connectivity index (χ2v) is 9.91. The summed E-state index contributed by atoms with van der Waals surface area (Å²) in [6, 6.07) is 13.1. The van der Waals surface area contributed by atoms with Crippen molar-refractivity contribution in [1.82, 2.24) is 4.98 Å². The average molecular weight is 538 g/mol. The van der Waals surface area contributed by atoms with Gasteiger partial charge in [0.2, 0.25) is 23.6 Å². The second kappa shape index (κ2) is 11.8. The molecule has 0 atom stereocenters. The number of nitrogens with one attached hydrogen (secondary N) is 3. The van der Waals surface area contributed by atoms with Crippen LogP contribution in [-0.4, -0.2) is 40.3 Å². The molecule has 0 spiro atoms. The van der Waals surface area contributed by atoms with E-state index < -0.39 is 0 Å². The normalized spacial score (nSPS) is 12.9. The van der Waals surface area contributed by atoms with Crippen LogP contribution in [0.15, 0.2) is 53.9 Å². The molecule has 0 unspecified atom stereocenters. The Morgan fingerprint density at radius 1 is 0.919 bits per heavy atom. The highest BCUT2D eigenvalue weighted by molar-refractivity contribution is 7.99. The quantitative estimate of drug-likeness (QED) is 0.352. The number of benzene rings is 2. The van der Waals surface area contributed by atoms with Gasteiger partial charge < -0.3 is 10.6 Å². The molecule has 1 aliphatic rings. The number of anilines is 4. The summed E-state index contributed by atoms with van der Waals surface area (Å²) in [6.45, 7) is 1.43. The number of carbonyl (C=O) groups is 5. The molecule has 3 N–H and O–H groups in total. The van der Waals surface area contributed by atoms with Crippen LogP contribution in [0, 0.1) is 0 Å². The minimum atomic E-state index is -0.358. The van der Waals surface area contributed by atoms with E-state index in [0.717, 1.165) is 10.6 Å². The largest absolute Gasteiger partial charge is 0.326 e. The maximum atomic E-state index is 12.6. The molecule has 3 aromatic rings. The van der Waals surface area contributed by atoms with Crippen LogP contribution in [0.4, 0.5) is 22.2 Å². The number of rotatable bonds is 9. The number of hydrogen-bond donors (Lipinski definition) is 3. The number of carbonyl (C=O) groups excluding carboxylic acids is 5. The highest BCUT2D eigenvalue weighted by Crippen LogP contribution is 2.24. The first-order valence-corrected chi connectivity index (χ1v) is 13.3. The van der Waals surface area contributed by atoms with Crippen molar-refractivity contribution in [3.05, 3.63) is 65.2 Å². The maximum Gasteiger partial charge on any atom is 0.257 e. The van der Waals surface area contributed by atoms with Gasteiger partial charge in [0, 0.05) is 47.8 Å². The van der Waals surface area contributed by atoms with Gasteiger partial charge in [-0.05, 0) is 48.5 Å². The zero-order chi connectivity index (χ0) is 26.4. The molecule has 4 rings (SSSR count). The summed E-state index contributed by atoms with van der Waals surface area (Å²) >= 11 is 2.67. The molecule has 10 nitrogen and oxygen atoms in total. The van der Waals surface area contributed by atoms with Crippen LogP contribution in [-0.2, 0) is 24.9 Å². The van der Waals surface area contributed by atoms with Crippen molar-refractivity contribution in [1.29, 1.82) is 0 Å². The number of thiazole rings is 1. The number of aromatic nitrogens is 1. The van der Waals surface area contributed by atoms with E-state index in [1.54, 1.807) is 48.5 Å². The summed E-state index contributed by atoms with van der Waals surface area (Å²) in [7, 11) is 0. The number of imide groups is 1. The lowest BCUT2D eigenvalue weighted by Crippen LogP contribution is -2.28. The average Bonchev–Trinajstić information content (AvgIpc) is 3.45. The molecule has 2 heterocycles. The molecule has 1 saturated heterocycles. The van der Waals surface area contributed by atoms with Crippen LogP contribution in [0.25, 0.3) is 0 Å². The van der Waals surface area contributed by atoms with Crippen molar-refractivity contribution < 1.29 is 24.0 Å². The first kappa shape index (κ1) is 26.0. The lowest BCUT2D eigenvalue weighted by Gasteiger charge is -2.13. The molecule has 1 fully saturated rings. The van der Waals surface area contributed by atoms with E-state index >= 15 is 0 Å². The lowest BCUT2D eigenvalue weighted by atomic mass is 10.2. The first-order chi connectivity index (χ1) is 17.8. The molecular weight excluding hydrogens is 514 g/mol. The summed E-state index contributed by atoms with van der Waals surface area (Å²) in [5.74, 6) is -0.461. The van der Waals surface area contributed by atoms with Gasteiger partial charge in [-0.15, -0.1) is 23.1 Å². The number of nitrogens with zero attached hydrogens (tertiary/aromatic N) is 2. The Labute approximate surface area is 220 Å². The van der Waals surface area contributed by atoms with Crippen LogP contribution in [0.1, 0.15) is 35.8 Å². The topological polar surface area (TPSA) is 138 Å². The number of hydrogen-bond acceptors (Lipinski definition) is 8. The Balaban J connectivity index is 1.22. The van der Waals surface area contributed by atoms with E-state index in [1.807, 2.05) is 5.38 Å². The molecule has 12 heteroatoms. The van der Waals surface area contributed by atoms with Gasteiger partial charge in [0.15, 0.2) is 5.13 Å². The Morgan fingerprint density at radius 2 is 1.54 bits per heavy atom. The van der Waals surface area contributed by atoms with Crippen LogP contribution in [0.3, 0.4) is 0 Å². The minimum absolute atomic E-state index is 0.165. The predicted octanol–water partition coefficient (Wildman–Crippen LogP) is 3.88.